The zero-order valence-electron chi connectivity index (χ0n) is 9.97. The van der Waals surface area contributed by atoms with Crippen molar-refractivity contribution in [3.8, 4) is 0 Å². The van der Waals surface area contributed by atoms with Gasteiger partial charge in [-0.05, 0) is 46.6 Å². The normalized spacial score (nSPS) is 10.3. The lowest BCUT2D eigenvalue weighted by Crippen LogP contribution is -2.30. The maximum atomic E-state index is 12.3. The summed E-state index contributed by atoms with van der Waals surface area (Å²) in [6.07, 6.45) is 4.94. The van der Waals surface area contributed by atoms with Crippen molar-refractivity contribution in [1.29, 1.82) is 0 Å². The van der Waals surface area contributed by atoms with E-state index in [2.05, 4.69) is 20.9 Å². The van der Waals surface area contributed by atoms with E-state index >= 15 is 0 Å². The molecule has 0 aliphatic rings. The average molecular weight is 309 g/mol. The summed E-state index contributed by atoms with van der Waals surface area (Å²) in [7, 11) is 0. The van der Waals surface area contributed by atoms with Gasteiger partial charge < -0.3 is 9.32 Å². The number of halogens is 1. The number of carbonyl (C=O) groups is 1. The molecule has 0 bridgehead atoms. The van der Waals surface area contributed by atoms with Gasteiger partial charge in [-0.15, -0.1) is 0 Å². The van der Waals surface area contributed by atoms with E-state index in [1.54, 1.807) is 23.4 Å². The smallest absolute Gasteiger partial charge is 0.258 e. The quantitative estimate of drug-likeness (QED) is 0.872. The topological polar surface area (TPSA) is 46.3 Å². The Kier molecular flexibility index (Phi) is 4.15. The van der Waals surface area contributed by atoms with E-state index in [1.807, 2.05) is 19.1 Å². The van der Waals surface area contributed by atoms with Gasteiger partial charge >= 0.3 is 0 Å². The number of carbonyl (C=O) groups excluding carboxylic acids is 1. The molecule has 0 saturated carbocycles. The molecule has 18 heavy (non-hydrogen) atoms. The molecule has 0 aliphatic heterocycles. The molecule has 0 atom stereocenters. The van der Waals surface area contributed by atoms with E-state index in [0.29, 0.717) is 23.3 Å². The summed E-state index contributed by atoms with van der Waals surface area (Å²) in [5, 5.41) is 0. The van der Waals surface area contributed by atoms with Crippen LogP contribution in [0.3, 0.4) is 0 Å². The van der Waals surface area contributed by atoms with Crippen molar-refractivity contribution < 1.29 is 9.21 Å². The van der Waals surface area contributed by atoms with Crippen LogP contribution in [0.5, 0.6) is 0 Å². The van der Waals surface area contributed by atoms with Gasteiger partial charge in [0.1, 0.15) is 0 Å². The van der Waals surface area contributed by atoms with Crippen molar-refractivity contribution in [2.45, 2.75) is 13.5 Å². The fraction of sp³-hybridized carbons (Fsp3) is 0.231. The molecule has 2 heterocycles. The molecule has 0 spiro atoms. The molecule has 0 aliphatic carbocycles. The second kappa shape index (κ2) is 5.82. The van der Waals surface area contributed by atoms with Crippen LogP contribution >= 0.6 is 15.9 Å². The lowest BCUT2D eigenvalue weighted by molar-refractivity contribution is 0.0750. The van der Waals surface area contributed by atoms with Crippen LogP contribution in [-0.2, 0) is 6.54 Å². The molecule has 4 nitrogen and oxygen atoms in total. The highest BCUT2D eigenvalue weighted by atomic mass is 79.9. The summed E-state index contributed by atoms with van der Waals surface area (Å²) in [5.41, 5.74) is 1.60. The van der Waals surface area contributed by atoms with E-state index in [4.69, 9.17) is 4.42 Å². The molecule has 0 aromatic carbocycles. The molecule has 0 N–H and O–H groups in total. The van der Waals surface area contributed by atoms with Crippen LogP contribution in [0.1, 0.15) is 22.8 Å². The number of nitrogens with zero attached hydrogens (tertiary/aromatic N) is 2. The molecule has 0 unspecified atom stereocenters. The molecule has 0 saturated heterocycles. The van der Waals surface area contributed by atoms with E-state index < -0.39 is 0 Å². The predicted molar refractivity (Wildman–Crippen MR) is 71.1 cm³/mol. The molecule has 2 aromatic rings. The highest BCUT2D eigenvalue weighted by Gasteiger charge is 2.18. The standard InChI is InChI=1S/C13H13BrN2O2/c1-2-16(9-10-3-6-15-7-4-10)13(17)11-5-8-18-12(11)14/h3-8H,2,9H2,1H3. The van der Waals surface area contributed by atoms with Crippen molar-refractivity contribution in [3.63, 3.8) is 0 Å². The Morgan fingerprint density at radius 3 is 2.67 bits per heavy atom. The number of pyridine rings is 1. The van der Waals surface area contributed by atoms with Crippen LogP contribution in [-0.4, -0.2) is 22.3 Å². The first-order valence-electron chi connectivity index (χ1n) is 5.63. The number of aromatic nitrogens is 1. The minimum absolute atomic E-state index is 0.0464. The van der Waals surface area contributed by atoms with Crippen molar-refractivity contribution in [1.82, 2.24) is 9.88 Å². The molecule has 1 amide bonds. The zero-order chi connectivity index (χ0) is 13.0. The third-order valence-corrected chi connectivity index (χ3v) is 3.25. The number of furan rings is 1. The van der Waals surface area contributed by atoms with Crippen molar-refractivity contribution >= 4 is 21.8 Å². The molecule has 0 fully saturated rings. The molecular weight excluding hydrogens is 296 g/mol. The summed E-state index contributed by atoms with van der Waals surface area (Å²) < 4.78 is 5.56. The fourth-order valence-electron chi connectivity index (χ4n) is 1.65. The van der Waals surface area contributed by atoms with Gasteiger partial charge in [-0.25, -0.2) is 0 Å². The zero-order valence-corrected chi connectivity index (χ0v) is 11.6. The molecule has 5 heteroatoms. The van der Waals surface area contributed by atoms with Crippen molar-refractivity contribution in [2.24, 2.45) is 0 Å². The van der Waals surface area contributed by atoms with Gasteiger partial charge in [0.2, 0.25) is 0 Å². The second-order valence-electron chi connectivity index (χ2n) is 3.78. The predicted octanol–water partition coefficient (Wildman–Crippen LogP) is 3.10. The number of hydrogen-bond acceptors (Lipinski definition) is 3. The Morgan fingerprint density at radius 1 is 1.39 bits per heavy atom. The Labute approximate surface area is 114 Å². The lowest BCUT2D eigenvalue weighted by Gasteiger charge is -2.20. The molecule has 2 aromatic heterocycles. The van der Waals surface area contributed by atoms with Crippen LogP contribution in [0.25, 0.3) is 0 Å². The minimum Gasteiger partial charge on any atom is -0.457 e. The van der Waals surface area contributed by atoms with Gasteiger partial charge in [0.15, 0.2) is 4.67 Å². The second-order valence-corrected chi connectivity index (χ2v) is 4.50. The largest absolute Gasteiger partial charge is 0.457 e. The summed E-state index contributed by atoms with van der Waals surface area (Å²) >= 11 is 3.23. The van der Waals surface area contributed by atoms with Gasteiger partial charge in [-0.2, -0.15) is 0 Å². The Balaban J connectivity index is 2.15. The first-order chi connectivity index (χ1) is 8.72. The van der Waals surface area contributed by atoms with E-state index in [9.17, 15) is 4.79 Å². The highest BCUT2D eigenvalue weighted by molar-refractivity contribution is 9.10. The Morgan fingerprint density at radius 2 is 2.11 bits per heavy atom. The number of hydrogen-bond donors (Lipinski definition) is 0. The van der Waals surface area contributed by atoms with Gasteiger partial charge in [0, 0.05) is 25.5 Å². The maximum absolute atomic E-state index is 12.3. The number of rotatable bonds is 4. The summed E-state index contributed by atoms with van der Waals surface area (Å²) in [4.78, 5) is 18.0. The number of amides is 1. The highest BCUT2D eigenvalue weighted by Crippen LogP contribution is 2.20. The third kappa shape index (κ3) is 2.79. The molecule has 2 rings (SSSR count). The first kappa shape index (κ1) is 12.8. The Bertz CT molecular complexity index is 525. The average Bonchev–Trinajstić information content (AvgIpc) is 2.82. The van der Waals surface area contributed by atoms with Crippen LogP contribution in [0.15, 0.2) is 45.9 Å². The molecule has 94 valence electrons. The van der Waals surface area contributed by atoms with E-state index in [0.717, 1.165) is 5.56 Å². The molecule has 0 radical (unpaired) electrons. The fourth-order valence-corrected chi connectivity index (χ4v) is 2.06. The molecular formula is C13H13BrN2O2. The van der Waals surface area contributed by atoms with Crippen LogP contribution in [0.4, 0.5) is 0 Å². The summed E-state index contributed by atoms with van der Waals surface area (Å²) in [6, 6.07) is 5.47. The van der Waals surface area contributed by atoms with E-state index in [-0.39, 0.29) is 5.91 Å². The van der Waals surface area contributed by atoms with Crippen molar-refractivity contribution in [3.05, 3.63) is 52.7 Å². The summed E-state index contributed by atoms with van der Waals surface area (Å²) in [6.45, 7) is 3.15. The Hall–Kier alpha value is -1.62. The third-order valence-electron chi connectivity index (χ3n) is 2.64. The SMILES string of the molecule is CCN(Cc1ccncc1)C(=O)c1ccoc1Br. The monoisotopic (exact) mass is 308 g/mol. The first-order valence-corrected chi connectivity index (χ1v) is 6.43. The van der Waals surface area contributed by atoms with Crippen LogP contribution in [0.2, 0.25) is 0 Å². The van der Waals surface area contributed by atoms with Crippen LogP contribution < -0.4 is 0 Å². The van der Waals surface area contributed by atoms with Gasteiger partial charge in [-0.1, -0.05) is 0 Å². The van der Waals surface area contributed by atoms with Crippen molar-refractivity contribution in [2.75, 3.05) is 6.54 Å². The van der Waals surface area contributed by atoms with E-state index in [1.165, 1.54) is 6.26 Å². The van der Waals surface area contributed by atoms with Crippen LogP contribution in [0, 0.1) is 0 Å². The summed E-state index contributed by atoms with van der Waals surface area (Å²) in [5.74, 6) is -0.0464. The maximum Gasteiger partial charge on any atom is 0.258 e. The van der Waals surface area contributed by atoms with Gasteiger partial charge in [-0.3, -0.25) is 9.78 Å². The minimum atomic E-state index is -0.0464. The lowest BCUT2D eigenvalue weighted by atomic mass is 10.2. The van der Waals surface area contributed by atoms with Gasteiger partial charge in [0.25, 0.3) is 5.91 Å². The van der Waals surface area contributed by atoms with Gasteiger partial charge in [0.05, 0.1) is 11.8 Å².